The van der Waals surface area contributed by atoms with Gasteiger partial charge in [0.1, 0.15) is 22.9 Å². The summed E-state index contributed by atoms with van der Waals surface area (Å²) in [5, 5.41) is 14.9. The van der Waals surface area contributed by atoms with Gasteiger partial charge in [-0.15, -0.1) is 0 Å². The van der Waals surface area contributed by atoms with Crippen LogP contribution < -0.4 is 14.8 Å². The number of carbonyl (C=O) groups excluding carboxylic acids is 1. The van der Waals surface area contributed by atoms with Gasteiger partial charge in [0, 0.05) is 24.4 Å². The lowest BCUT2D eigenvalue weighted by Gasteiger charge is -2.23. The van der Waals surface area contributed by atoms with Crippen molar-refractivity contribution in [1.29, 1.82) is 0 Å². The molecule has 0 bridgehead atoms. The summed E-state index contributed by atoms with van der Waals surface area (Å²) in [6, 6.07) is 6.02. The second-order valence-electron chi connectivity index (χ2n) is 7.34. The summed E-state index contributed by atoms with van der Waals surface area (Å²) in [7, 11) is 5.17. The normalized spacial score (nSPS) is 15.4. The van der Waals surface area contributed by atoms with Gasteiger partial charge >= 0.3 is 0 Å². The Morgan fingerprint density at radius 1 is 1.30 bits per heavy atom. The molecule has 2 N–H and O–H groups in total. The maximum atomic E-state index is 11.8. The fourth-order valence-corrected chi connectivity index (χ4v) is 4.05. The summed E-state index contributed by atoms with van der Waals surface area (Å²) in [4.78, 5) is 11.8. The lowest BCUT2D eigenvalue weighted by molar-refractivity contribution is -0.111. The van der Waals surface area contributed by atoms with Gasteiger partial charge in [0.05, 0.1) is 26.1 Å². The fraction of sp³-hybridized carbons (Fsp3) is 0.318. The number of fused-ring (bicyclic) bond motifs is 1. The highest BCUT2D eigenvalue weighted by Crippen LogP contribution is 2.39. The number of ether oxygens (including phenoxy) is 2. The summed E-state index contributed by atoms with van der Waals surface area (Å²) in [5.41, 5.74) is 5.68. The highest BCUT2D eigenvalue weighted by atomic mass is 16.5. The van der Waals surface area contributed by atoms with E-state index in [4.69, 9.17) is 9.47 Å². The molecule has 8 nitrogen and oxygen atoms in total. The Kier molecular flexibility index (Phi) is 5.31. The van der Waals surface area contributed by atoms with Crippen LogP contribution in [0.15, 0.2) is 37.1 Å². The van der Waals surface area contributed by atoms with Crippen LogP contribution in [0.5, 0.6) is 11.5 Å². The highest BCUT2D eigenvalue weighted by Gasteiger charge is 2.28. The summed E-state index contributed by atoms with van der Waals surface area (Å²) in [5.74, 6) is 1.64. The monoisotopic (exact) mass is 407 g/mol. The Balaban J connectivity index is 1.65. The maximum absolute atomic E-state index is 11.8. The van der Waals surface area contributed by atoms with Crippen LogP contribution in [0, 0.1) is 0 Å². The SMILES string of the molecule is C=CC(=O)Nc1cnn(C)c1-c1n[nH]c2c1CCC(c1cc(OC)cc(OC)c1)C2. The van der Waals surface area contributed by atoms with Gasteiger partial charge in [-0.3, -0.25) is 14.6 Å². The molecule has 0 spiro atoms. The quantitative estimate of drug-likeness (QED) is 0.612. The van der Waals surface area contributed by atoms with Crippen molar-refractivity contribution in [1.82, 2.24) is 20.0 Å². The number of H-pyrrole nitrogens is 1. The third-order valence-electron chi connectivity index (χ3n) is 5.60. The highest BCUT2D eigenvalue weighted by molar-refractivity contribution is 6.01. The second-order valence-corrected chi connectivity index (χ2v) is 7.34. The average molecular weight is 407 g/mol. The van der Waals surface area contributed by atoms with E-state index in [1.807, 2.05) is 13.1 Å². The molecule has 8 heteroatoms. The fourth-order valence-electron chi connectivity index (χ4n) is 4.05. The van der Waals surface area contributed by atoms with E-state index in [1.54, 1.807) is 25.1 Å². The van der Waals surface area contributed by atoms with E-state index in [1.165, 1.54) is 17.2 Å². The van der Waals surface area contributed by atoms with Crippen molar-refractivity contribution in [2.45, 2.75) is 25.2 Å². The summed E-state index contributed by atoms with van der Waals surface area (Å²) >= 11 is 0. The molecule has 30 heavy (non-hydrogen) atoms. The number of methoxy groups -OCH3 is 2. The van der Waals surface area contributed by atoms with E-state index in [0.717, 1.165) is 47.8 Å². The lowest BCUT2D eigenvalue weighted by Crippen LogP contribution is -2.13. The van der Waals surface area contributed by atoms with Crippen molar-refractivity contribution in [3.63, 3.8) is 0 Å². The minimum atomic E-state index is -0.277. The minimum absolute atomic E-state index is 0.277. The van der Waals surface area contributed by atoms with Crippen molar-refractivity contribution >= 4 is 11.6 Å². The Morgan fingerprint density at radius 2 is 2.03 bits per heavy atom. The van der Waals surface area contributed by atoms with Crippen LogP contribution in [0.4, 0.5) is 5.69 Å². The van der Waals surface area contributed by atoms with Crippen molar-refractivity contribution in [2.75, 3.05) is 19.5 Å². The molecule has 0 saturated carbocycles. The average Bonchev–Trinajstić information content (AvgIpc) is 3.35. The molecule has 1 aliphatic carbocycles. The number of nitrogens with zero attached hydrogens (tertiary/aromatic N) is 3. The van der Waals surface area contributed by atoms with Crippen LogP contribution in [0.3, 0.4) is 0 Å². The number of nitrogens with one attached hydrogen (secondary N) is 2. The molecule has 0 saturated heterocycles. The van der Waals surface area contributed by atoms with E-state index < -0.39 is 0 Å². The summed E-state index contributed by atoms with van der Waals surface area (Å²) < 4.78 is 12.6. The molecule has 2 aromatic heterocycles. The number of hydrogen-bond donors (Lipinski definition) is 2. The van der Waals surface area contributed by atoms with Crippen LogP contribution in [0.25, 0.3) is 11.4 Å². The van der Waals surface area contributed by atoms with E-state index in [9.17, 15) is 4.79 Å². The van der Waals surface area contributed by atoms with Crippen molar-refractivity contribution < 1.29 is 14.3 Å². The third-order valence-corrected chi connectivity index (χ3v) is 5.60. The van der Waals surface area contributed by atoms with E-state index in [0.29, 0.717) is 11.6 Å². The number of amides is 1. The molecule has 156 valence electrons. The van der Waals surface area contributed by atoms with E-state index in [-0.39, 0.29) is 5.91 Å². The molecule has 0 fully saturated rings. The van der Waals surface area contributed by atoms with Crippen molar-refractivity contribution in [2.24, 2.45) is 7.05 Å². The van der Waals surface area contributed by atoms with Crippen molar-refractivity contribution in [3.8, 4) is 22.9 Å². The van der Waals surface area contributed by atoms with Crippen LogP contribution in [0.1, 0.15) is 29.2 Å². The van der Waals surface area contributed by atoms with Crippen LogP contribution in [-0.2, 0) is 24.7 Å². The minimum Gasteiger partial charge on any atom is -0.497 e. The zero-order valence-corrected chi connectivity index (χ0v) is 17.4. The van der Waals surface area contributed by atoms with Gasteiger partial charge in [-0.2, -0.15) is 10.2 Å². The zero-order chi connectivity index (χ0) is 21.3. The van der Waals surface area contributed by atoms with E-state index >= 15 is 0 Å². The molecule has 4 rings (SSSR count). The Hall–Kier alpha value is -3.55. The van der Waals surface area contributed by atoms with Crippen LogP contribution in [-0.4, -0.2) is 40.1 Å². The lowest BCUT2D eigenvalue weighted by atomic mass is 9.82. The van der Waals surface area contributed by atoms with Gasteiger partial charge in [0.2, 0.25) is 5.91 Å². The first kappa shape index (κ1) is 19.8. The topological polar surface area (TPSA) is 94.1 Å². The Labute approximate surface area is 174 Å². The molecule has 1 aromatic carbocycles. The van der Waals surface area contributed by atoms with Crippen LogP contribution in [0.2, 0.25) is 0 Å². The van der Waals surface area contributed by atoms with Gasteiger partial charge < -0.3 is 14.8 Å². The molecule has 0 radical (unpaired) electrons. The Bertz CT molecular complexity index is 1080. The second kappa shape index (κ2) is 8.06. The van der Waals surface area contributed by atoms with Crippen LogP contribution >= 0.6 is 0 Å². The third kappa shape index (κ3) is 3.56. The first-order chi connectivity index (χ1) is 14.5. The molecule has 0 aliphatic heterocycles. The van der Waals surface area contributed by atoms with Gasteiger partial charge in [0.15, 0.2) is 0 Å². The number of aromatic amines is 1. The van der Waals surface area contributed by atoms with Gasteiger partial charge in [-0.25, -0.2) is 0 Å². The molecule has 1 amide bonds. The first-order valence-corrected chi connectivity index (χ1v) is 9.79. The molecule has 1 atom stereocenters. The standard InChI is InChI=1S/C22H25N5O3/c1-5-20(28)24-19-12-23-27(2)22(19)21-17-7-6-13(10-18(17)25-26-21)14-8-15(29-3)11-16(9-14)30-4/h5,8-9,11-13H,1,6-7,10H2,2-4H3,(H,24,28)(H,25,26). The van der Waals surface area contributed by atoms with Crippen molar-refractivity contribution in [3.05, 3.63) is 53.9 Å². The predicted octanol–water partition coefficient (Wildman–Crippen LogP) is 3.22. The first-order valence-electron chi connectivity index (χ1n) is 9.79. The number of aryl methyl sites for hydroxylation is 1. The van der Waals surface area contributed by atoms with Gasteiger partial charge in [-0.05, 0) is 49.0 Å². The number of rotatable bonds is 6. The summed E-state index contributed by atoms with van der Waals surface area (Å²) in [6.45, 7) is 3.51. The molecular formula is C22H25N5O3. The molecular weight excluding hydrogens is 382 g/mol. The Morgan fingerprint density at radius 3 is 2.70 bits per heavy atom. The number of aromatic nitrogens is 4. The number of carbonyl (C=O) groups is 1. The molecule has 1 aliphatic rings. The number of hydrogen-bond acceptors (Lipinski definition) is 5. The van der Waals surface area contributed by atoms with Gasteiger partial charge in [-0.1, -0.05) is 6.58 Å². The largest absolute Gasteiger partial charge is 0.497 e. The smallest absolute Gasteiger partial charge is 0.247 e. The van der Waals surface area contributed by atoms with E-state index in [2.05, 4.69) is 39.3 Å². The molecule has 1 unspecified atom stereocenters. The molecule has 3 aromatic rings. The number of benzene rings is 1. The predicted molar refractivity (Wildman–Crippen MR) is 114 cm³/mol. The summed E-state index contributed by atoms with van der Waals surface area (Å²) in [6.07, 6.45) is 5.55. The number of anilines is 1. The zero-order valence-electron chi connectivity index (χ0n) is 17.4. The maximum Gasteiger partial charge on any atom is 0.247 e. The molecule has 2 heterocycles. The van der Waals surface area contributed by atoms with Gasteiger partial charge in [0.25, 0.3) is 0 Å².